The van der Waals surface area contributed by atoms with Crippen molar-refractivity contribution < 1.29 is 14.6 Å². The van der Waals surface area contributed by atoms with E-state index in [-0.39, 0.29) is 12.5 Å². The monoisotopic (exact) mass is 264 g/mol. The van der Waals surface area contributed by atoms with E-state index in [1.165, 1.54) is 0 Å². The first kappa shape index (κ1) is 14.0. The highest BCUT2D eigenvalue weighted by Crippen LogP contribution is 2.19. The highest BCUT2D eigenvalue weighted by atomic mass is 16.5. The van der Waals surface area contributed by atoms with Crippen LogP contribution in [0.1, 0.15) is 24.4 Å². The maximum absolute atomic E-state index is 11.9. The number of aliphatic hydroxyl groups is 1. The highest BCUT2D eigenvalue weighted by molar-refractivity contribution is 5.82. The third-order valence-electron chi connectivity index (χ3n) is 3.46. The van der Waals surface area contributed by atoms with Crippen LogP contribution in [-0.4, -0.2) is 36.4 Å². The van der Waals surface area contributed by atoms with Gasteiger partial charge in [-0.2, -0.15) is 0 Å². The van der Waals surface area contributed by atoms with Gasteiger partial charge in [-0.1, -0.05) is 30.3 Å². The van der Waals surface area contributed by atoms with E-state index < -0.39 is 11.6 Å². The van der Waals surface area contributed by atoms with Crippen LogP contribution < -0.4 is 11.1 Å². The molecule has 0 aromatic heterocycles. The zero-order chi connectivity index (χ0) is 13.7. The molecule has 0 aliphatic carbocycles. The second kappa shape index (κ2) is 6.14. The largest absolute Gasteiger partial charge is 0.388 e. The molecule has 0 saturated carbocycles. The minimum Gasteiger partial charge on any atom is -0.388 e. The maximum atomic E-state index is 11.9. The lowest BCUT2D eigenvalue weighted by atomic mass is 9.94. The van der Waals surface area contributed by atoms with Crippen molar-refractivity contribution in [2.45, 2.75) is 24.5 Å². The zero-order valence-electron chi connectivity index (χ0n) is 10.8. The Hall–Kier alpha value is -1.43. The molecular weight excluding hydrogens is 244 g/mol. The summed E-state index contributed by atoms with van der Waals surface area (Å²) in [4.78, 5) is 11.9. The van der Waals surface area contributed by atoms with E-state index in [4.69, 9.17) is 10.5 Å². The van der Waals surface area contributed by atoms with Gasteiger partial charge in [0.15, 0.2) is 0 Å². The number of rotatable bonds is 4. The predicted molar refractivity (Wildman–Crippen MR) is 71.4 cm³/mol. The number of carbonyl (C=O) groups excluding carboxylic acids is 1. The molecule has 4 N–H and O–H groups in total. The fraction of sp³-hybridized carbons (Fsp3) is 0.500. The van der Waals surface area contributed by atoms with Gasteiger partial charge in [0.25, 0.3) is 0 Å². The molecule has 1 amide bonds. The van der Waals surface area contributed by atoms with E-state index in [2.05, 4.69) is 5.32 Å². The quantitative estimate of drug-likeness (QED) is 0.732. The third-order valence-corrected chi connectivity index (χ3v) is 3.46. The lowest BCUT2D eigenvalue weighted by Crippen LogP contribution is -2.48. The van der Waals surface area contributed by atoms with Gasteiger partial charge in [0.05, 0.1) is 5.60 Å². The summed E-state index contributed by atoms with van der Waals surface area (Å²) in [6, 6.07) is 8.48. The topological polar surface area (TPSA) is 84.6 Å². The molecule has 0 bridgehead atoms. The Labute approximate surface area is 112 Å². The van der Waals surface area contributed by atoms with E-state index in [0.29, 0.717) is 26.1 Å². The molecule has 0 radical (unpaired) electrons. The number of nitrogens with two attached hydrogens (primary N) is 1. The molecule has 19 heavy (non-hydrogen) atoms. The van der Waals surface area contributed by atoms with Crippen LogP contribution in [0.5, 0.6) is 0 Å². The van der Waals surface area contributed by atoms with Crippen LogP contribution in [-0.2, 0) is 9.53 Å². The Kier molecular flexibility index (Phi) is 4.52. The summed E-state index contributed by atoms with van der Waals surface area (Å²) in [5.41, 5.74) is 5.77. The molecule has 1 fully saturated rings. The summed E-state index contributed by atoms with van der Waals surface area (Å²) >= 11 is 0. The molecule has 0 unspecified atom stereocenters. The smallest absolute Gasteiger partial charge is 0.241 e. The third kappa shape index (κ3) is 3.76. The first-order chi connectivity index (χ1) is 9.11. The molecule has 5 nitrogen and oxygen atoms in total. The van der Waals surface area contributed by atoms with Gasteiger partial charge in [-0.05, 0) is 5.56 Å². The van der Waals surface area contributed by atoms with E-state index >= 15 is 0 Å². The van der Waals surface area contributed by atoms with Gasteiger partial charge in [-0.25, -0.2) is 0 Å². The van der Waals surface area contributed by atoms with Crippen LogP contribution in [0, 0.1) is 0 Å². The van der Waals surface area contributed by atoms with Crippen molar-refractivity contribution in [2.24, 2.45) is 5.73 Å². The Morgan fingerprint density at radius 3 is 2.63 bits per heavy atom. The van der Waals surface area contributed by atoms with Crippen molar-refractivity contribution in [3.8, 4) is 0 Å². The summed E-state index contributed by atoms with van der Waals surface area (Å²) < 4.78 is 5.19. The summed E-state index contributed by atoms with van der Waals surface area (Å²) in [7, 11) is 0. The second-order valence-electron chi connectivity index (χ2n) is 4.94. The number of amides is 1. The molecule has 1 aliphatic rings. The van der Waals surface area contributed by atoms with Crippen molar-refractivity contribution >= 4 is 5.91 Å². The van der Waals surface area contributed by atoms with Gasteiger partial charge in [0, 0.05) is 32.6 Å². The predicted octanol–water partition coefficient (Wildman–Crippen LogP) is 0.344. The van der Waals surface area contributed by atoms with Gasteiger partial charge >= 0.3 is 0 Å². The van der Waals surface area contributed by atoms with Crippen LogP contribution in [0.15, 0.2) is 30.3 Å². The summed E-state index contributed by atoms with van der Waals surface area (Å²) in [6.45, 7) is 1.27. The van der Waals surface area contributed by atoms with Crippen molar-refractivity contribution in [3.63, 3.8) is 0 Å². The molecule has 104 valence electrons. The Morgan fingerprint density at radius 1 is 1.37 bits per heavy atom. The van der Waals surface area contributed by atoms with Crippen molar-refractivity contribution in [1.29, 1.82) is 0 Å². The highest BCUT2D eigenvalue weighted by Gasteiger charge is 2.30. The number of nitrogens with one attached hydrogen (secondary N) is 1. The molecule has 1 saturated heterocycles. The molecular formula is C14H20N2O3. The van der Waals surface area contributed by atoms with Crippen molar-refractivity contribution in [1.82, 2.24) is 5.32 Å². The average molecular weight is 264 g/mol. The van der Waals surface area contributed by atoms with Crippen LogP contribution in [0.25, 0.3) is 0 Å². The van der Waals surface area contributed by atoms with E-state index in [9.17, 15) is 9.90 Å². The van der Waals surface area contributed by atoms with Crippen LogP contribution >= 0.6 is 0 Å². The molecule has 1 atom stereocenters. The van der Waals surface area contributed by atoms with Gasteiger partial charge in [-0.3, -0.25) is 4.79 Å². The lowest BCUT2D eigenvalue weighted by Gasteiger charge is -2.32. The maximum Gasteiger partial charge on any atom is 0.241 e. The lowest BCUT2D eigenvalue weighted by molar-refractivity contribution is -0.125. The molecule has 5 heteroatoms. The van der Waals surface area contributed by atoms with Crippen molar-refractivity contribution in [2.75, 3.05) is 19.8 Å². The molecule has 2 rings (SSSR count). The number of hydrogen-bond acceptors (Lipinski definition) is 4. The van der Waals surface area contributed by atoms with Gasteiger partial charge in [0.1, 0.15) is 6.04 Å². The van der Waals surface area contributed by atoms with Crippen molar-refractivity contribution in [3.05, 3.63) is 35.9 Å². The summed E-state index contributed by atoms with van der Waals surface area (Å²) in [5.74, 6) is -0.272. The average Bonchev–Trinajstić information content (AvgIpc) is 2.46. The van der Waals surface area contributed by atoms with E-state index in [0.717, 1.165) is 5.56 Å². The standard InChI is InChI=1S/C14H20N2O3/c15-12(11-4-2-1-3-5-11)13(17)16-10-14(18)6-8-19-9-7-14/h1-5,12,18H,6-10,15H2,(H,16,17)/t12-/m1/s1. The molecule has 1 aromatic rings. The van der Waals surface area contributed by atoms with E-state index in [1.807, 2.05) is 30.3 Å². The van der Waals surface area contributed by atoms with Crippen LogP contribution in [0.3, 0.4) is 0 Å². The van der Waals surface area contributed by atoms with Gasteiger partial charge in [-0.15, -0.1) is 0 Å². The van der Waals surface area contributed by atoms with Gasteiger partial charge in [0.2, 0.25) is 5.91 Å². The normalized spacial score (nSPS) is 19.7. The van der Waals surface area contributed by atoms with E-state index in [1.54, 1.807) is 0 Å². The number of carbonyl (C=O) groups is 1. The van der Waals surface area contributed by atoms with Gasteiger partial charge < -0.3 is 20.9 Å². The molecule has 1 heterocycles. The first-order valence-corrected chi connectivity index (χ1v) is 6.49. The first-order valence-electron chi connectivity index (χ1n) is 6.49. The second-order valence-corrected chi connectivity index (χ2v) is 4.94. The molecule has 1 aliphatic heterocycles. The Bertz CT molecular complexity index is 416. The molecule has 0 spiro atoms. The number of benzene rings is 1. The minimum atomic E-state index is -0.871. The fourth-order valence-corrected chi connectivity index (χ4v) is 2.10. The minimum absolute atomic E-state index is 0.218. The number of ether oxygens (including phenoxy) is 1. The Balaban J connectivity index is 1.87. The van der Waals surface area contributed by atoms with Crippen LogP contribution in [0.4, 0.5) is 0 Å². The summed E-state index contributed by atoms with van der Waals surface area (Å²) in [6.07, 6.45) is 1.07. The Morgan fingerprint density at radius 2 is 2.00 bits per heavy atom. The summed E-state index contributed by atoms with van der Waals surface area (Å²) in [5, 5.41) is 13.0. The zero-order valence-corrected chi connectivity index (χ0v) is 10.8. The SMILES string of the molecule is N[C@@H](C(=O)NCC1(O)CCOCC1)c1ccccc1. The number of hydrogen-bond donors (Lipinski definition) is 3. The van der Waals surface area contributed by atoms with Crippen LogP contribution in [0.2, 0.25) is 0 Å². The molecule has 1 aromatic carbocycles. The fourth-order valence-electron chi connectivity index (χ4n) is 2.10.